The summed E-state index contributed by atoms with van der Waals surface area (Å²) in [4.78, 5) is 20.6. The van der Waals surface area contributed by atoms with Crippen LogP contribution in [0.2, 0.25) is 0 Å². The van der Waals surface area contributed by atoms with Crippen LogP contribution in [0.15, 0.2) is 53.4 Å². The zero-order chi connectivity index (χ0) is 23.5. The third-order valence-corrected chi connectivity index (χ3v) is 6.17. The number of amides is 1. The maximum Gasteiger partial charge on any atom is 0.264 e. The van der Waals surface area contributed by atoms with Crippen LogP contribution in [0.25, 0.3) is 0 Å². The van der Waals surface area contributed by atoms with E-state index in [0.717, 1.165) is 11.1 Å². The molecular weight excluding hydrogens is 446 g/mol. The van der Waals surface area contributed by atoms with Crippen LogP contribution < -0.4 is 15.4 Å². The van der Waals surface area contributed by atoms with Crippen molar-refractivity contribution in [3.63, 3.8) is 0 Å². The number of nitrogens with zero attached hydrogens (tertiary/aromatic N) is 2. The van der Waals surface area contributed by atoms with Crippen molar-refractivity contribution in [1.29, 1.82) is 0 Å². The number of hydrogen-bond donors (Lipinski definition) is 3. The first-order chi connectivity index (χ1) is 15.0. The number of anilines is 2. The van der Waals surface area contributed by atoms with Gasteiger partial charge in [-0.3, -0.25) is 10.1 Å². The molecule has 1 amide bonds. The summed E-state index contributed by atoms with van der Waals surface area (Å²) >= 11 is 5.20. The van der Waals surface area contributed by atoms with Gasteiger partial charge in [0.1, 0.15) is 0 Å². The number of thiocarbonyl (C=S) groups is 1. The van der Waals surface area contributed by atoms with Crippen molar-refractivity contribution < 1.29 is 13.2 Å². The summed E-state index contributed by atoms with van der Waals surface area (Å²) < 4.78 is 27.6. The molecule has 0 unspecified atom stereocenters. The molecule has 1 heterocycles. The Bertz CT molecular complexity index is 1270. The fourth-order valence-corrected chi connectivity index (χ4v) is 4.04. The Labute approximate surface area is 192 Å². The summed E-state index contributed by atoms with van der Waals surface area (Å²) in [7, 11) is -3.86. The molecule has 0 aliphatic carbocycles. The number of rotatable bonds is 5. The van der Waals surface area contributed by atoms with Crippen molar-refractivity contribution >= 4 is 44.9 Å². The molecule has 0 spiro atoms. The standard InChI is InChI=1S/C22H23N5O3S2/c1-13-5-6-17(11-14(13)2)20(28)26-22(31)25-18-7-9-19(10-8-18)32(29,30)27-21-23-15(3)12-16(4)24-21/h5-12H,1-4H3,(H,23,24,27)(H2,25,26,28,31). The molecule has 0 saturated heterocycles. The van der Waals surface area contributed by atoms with E-state index in [9.17, 15) is 13.2 Å². The number of aryl methyl sites for hydroxylation is 4. The zero-order valence-electron chi connectivity index (χ0n) is 18.1. The molecule has 0 radical (unpaired) electrons. The first-order valence-electron chi connectivity index (χ1n) is 9.68. The molecular formula is C22H23N5O3S2. The fraction of sp³-hybridized carbons (Fsp3) is 0.182. The second-order valence-electron chi connectivity index (χ2n) is 7.31. The van der Waals surface area contributed by atoms with E-state index in [1.54, 1.807) is 44.2 Å². The molecule has 3 rings (SSSR count). The van der Waals surface area contributed by atoms with Gasteiger partial charge in [0.05, 0.1) is 4.90 Å². The summed E-state index contributed by atoms with van der Waals surface area (Å²) in [5.74, 6) is -0.317. The van der Waals surface area contributed by atoms with Crippen LogP contribution in [-0.2, 0) is 10.0 Å². The molecule has 166 valence electrons. The second-order valence-corrected chi connectivity index (χ2v) is 9.40. The SMILES string of the molecule is Cc1cc(C)nc(NS(=O)(=O)c2ccc(NC(=S)NC(=O)c3ccc(C)c(C)c3)cc2)n1. The number of aromatic nitrogens is 2. The van der Waals surface area contributed by atoms with Crippen LogP contribution >= 0.6 is 12.2 Å². The molecule has 0 fully saturated rings. The van der Waals surface area contributed by atoms with Gasteiger partial charge >= 0.3 is 0 Å². The van der Waals surface area contributed by atoms with Crippen LogP contribution in [-0.4, -0.2) is 29.4 Å². The highest BCUT2D eigenvalue weighted by molar-refractivity contribution is 7.92. The number of carbonyl (C=O) groups excluding carboxylic acids is 1. The third kappa shape index (κ3) is 5.86. The van der Waals surface area contributed by atoms with Crippen LogP contribution in [0.3, 0.4) is 0 Å². The Balaban J connectivity index is 1.65. The number of nitrogens with one attached hydrogen (secondary N) is 3. The predicted molar refractivity (Wildman–Crippen MR) is 128 cm³/mol. The van der Waals surface area contributed by atoms with E-state index in [4.69, 9.17) is 12.2 Å². The van der Waals surface area contributed by atoms with E-state index >= 15 is 0 Å². The lowest BCUT2D eigenvalue weighted by Crippen LogP contribution is -2.34. The van der Waals surface area contributed by atoms with Crippen molar-refractivity contribution in [3.8, 4) is 0 Å². The maximum atomic E-state index is 12.6. The normalized spacial score (nSPS) is 11.0. The minimum atomic E-state index is -3.86. The van der Waals surface area contributed by atoms with Crippen LogP contribution in [0.4, 0.5) is 11.6 Å². The van der Waals surface area contributed by atoms with Crippen molar-refractivity contribution in [2.75, 3.05) is 10.0 Å². The van der Waals surface area contributed by atoms with E-state index < -0.39 is 10.0 Å². The fourth-order valence-electron chi connectivity index (χ4n) is 2.89. The van der Waals surface area contributed by atoms with Crippen molar-refractivity contribution in [1.82, 2.24) is 15.3 Å². The topological polar surface area (TPSA) is 113 Å². The highest BCUT2D eigenvalue weighted by Crippen LogP contribution is 2.17. The first-order valence-corrected chi connectivity index (χ1v) is 11.6. The van der Waals surface area contributed by atoms with E-state index in [0.29, 0.717) is 22.6 Å². The monoisotopic (exact) mass is 469 g/mol. The molecule has 1 aromatic heterocycles. The van der Waals surface area contributed by atoms with Gasteiger partial charge < -0.3 is 5.32 Å². The summed E-state index contributed by atoms with van der Waals surface area (Å²) in [6, 6.07) is 13.1. The average Bonchev–Trinajstić information content (AvgIpc) is 2.69. The average molecular weight is 470 g/mol. The lowest BCUT2D eigenvalue weighted by atomic mass is 10.1. The van der Waals surface area contributed by atoms with Crippen LogP contribution in [0.5, 0.6) is 0 Å². The highest BCUT2D eigenvalue weighted by atomic mass is 32.2. The predicted octanol–water partition coefficient (Wildman–Crippen LogP) is 3.64. The van der Waals surface area contributed by atoms with E-state index in [2.05, 4.69) is 25.3 Å². The zero-order valence-corrected chi connectivity index (χ0v) is 19.7. The first kappa shape index (κ1) is 23.3. The Hall–Kier alpha value is -3.37. The third-order valence-electron chi connectivity index (χ3n) is 4.63. The maximum absolute atomic E-state index is 12.6. The Kier molecular flexibility index (Phi) is 6.85. The molecule has 3 aromatic rings. The molecule has 0 saturated carbocycles. The highest BCUT2D eigenvalue weighted by Gasteiger charge is 2.16. The van der Waals surface area contributed by atoms with Gasteiger partial charge in [0.2, 0.25) is 5.95 Å². The van der Waals surface area contributed by atoms with Gasteiger partial charge in [-0.05, 0) is 93.5 Å². The Morgan fingerprint density at radius 1 is 0.875 bits per heavy atom. The number of carbonyl (C=O) groups is 1. The summed E-state index contributed by atoms with van der Waals surface area (Å²) in [5.41, 5.74) is 4.44. The van der Waals surface area contributed by atoms with Gasteiger partial charge in [-0.25, -0.2) is 23.1 Å². The Morgan fingerprint density at radius 2 is 1.50 bits per heavy atom. The van der Waals surface area contributed by atoms with Gasteiger partial charge in [-0.2, -0.15) is 0 Å². The van der Waals surface area contributed by atoms with Crippen molar-refractivity contribution in [2.45, 2.75) is 32.6 Å². The number of hydrogen-bond acceptors (Lipinski definition) is 6. The van der Waals surface area contributed by atoms with E-state index in [-0.39, 0.29) is 21.9 Å². The Morgan fingerprint density at radius 3 is 2.09 bits per heavy atom. The molecule has 10 heteroatoms. The minimum Gasteiger partial charge on any atom is -0.332 e. The largest absolute Gasteiger partial charge is 0.332 e. The van der Waals surface area contributed by atoms with Gasteiger partial charge in [0, 0.05) is 22.6 Å². The van der Waals surface area contributed by atoms with Crippen LogP contribution in [0, 0.1) is 27.7 Å². The molecule has 2 aromatic carbocycles. The summed E-state index contributed by atoms with van der Waals surface area (Å²) in [6.07, 6.45) is 0. The van der Waals surface area contributed by atoms with Gasteiger partial charge in [0.25, 0.3) is 15.9 Å². The minimum absolute atomic E-state index is 0.0138. The second kappa shape index (κ2) is 9.41. The molecule has 0 bridgehead atoms. The molecule has 3 N–H and O–H groups in total. The number of benzene rings is 2. The lowest BCUT2D eigenvalue weighted by molar-refractivity contribution is 0.0977. The van der Waals surface area contributed by atoms with Crippen molar-refractivity contribution in [2.24, 2.45) is 0 Å². The van der Waals surface area contributed by atoms with Crippen molar-refractivity contribution in [3.05, 3.63) is 76.6 Å². The summed E-state index contributed by atoms with van der Waals surface area (Å²) in [5, 5.41) is 5.59. The quantitative estimate of drug-likeness (QED) is 0.489. The van der Waals surface area contributed by atoms with E-state index in [1.807, 2.05) is 19.9 Å². The van der Waals surface area contributed by atoms with Crippen LogP contribution in [0.1, 0.15) is 32.9 Å². The smallest absolute Gasteiger partial charge is 0.264 e. The molecule has 0 atom stereocenters. The summed E-state index contributed by atoms with van der Waals surface area (Å²) in [6.45, 7) is 7.42. The van der Waals surface area contributed by atoms with Gasteiger partial charge in [-0.1, -0.05) is 6.07 Å². The molecule has 0 aliphatic heterocycles. The van der Waals surface area contributed by atoms with Gasteiger partial charge in [-0.15, -0.1) is 0 Å². The van der Waals surface area contributed by atoms with E-state index in [1.165, 1.54) is 12.1 Å². The lowest BCUT2D eigenvalue weighted by Gasteiger charge is -2.12. The number of sulfonamides is 1. The molecule has 8 nitrogen and oxygen atoms in total. The van der Waals surface area contributed by atoms with Gasteiger partial charge in [0.15, 0.2) is 5.11 Å². The molecule has 32 heavy (non-hydrogen) atoms. The molecule has 0 aliphatic rings.